The first-order chi connectivity index (χ1) is 12.5. The largest absolute Gasteiger partial charge is 0.343 e. The third kappa shape index (κ3) is 3.73. The maximum absolute atomic E-state index is 13.3. The summed E-state index contributed by atoms with van der Waals surface area (Å²) in [6.45, 7) is 3.99. The Morgan fingerprint density at radius 3 is 2.35 bits per heavy atom. The van der Waals surface area contributed by atoms with Gasteiger partial charge < -0.3 is 13.9 Å². The minimum Gasteiger partial charge on any atom is -0.332 e. The lowest BCUT2D eigenvalue weighted by Gasteiger charge is -2.48. The number of hydrogen-bond acceptors (Lipinski definition) is 4. The Bertz CT molecular complexity index is 671. The molecule has 0 N–H and O–H groups in total. The second-order valence-corrected chi connectivity index (χ2v) is 9.09. The Hall–Kier alpha value is -1.23. The van der Waals surface area contributed by atoms with Gasteiger partial charge in [0.2, 0.25) is 5.91 Å². The lowest BCUT2D eigenvalue weighted by atomic mass is 9.85. The van der Waals surface area contributed by atoms with Gasteiger partial charge in [0, 0.05) is 6.04 Å². The average Bonchev–Trinajstić information content (AvgIpc) is 2.62. The summed E-state index contributed by atoms with van der Waals surface area (Å²) in [4.78, 5) is 15.2. The fourth-order valence-electron chi connectivity index (χ4n) is 4.22. The molecule has 0 spiro atoms. The Labute approximate surface area is 154 Å². The predicted octanol–water partition coefficient (Wildman–Crippen LogP) is 4.68. The highest BCUT2D eigenvalue weighted by Gasteiger charge is 2.50. The molecule has 1 aromatic carbocycles. The van der Waals surface area contributed by atoms with E-state index in [9.17, 15) is 13.8 Å². The fourth-order valence-corrected chi connectivity index (χ4v) is 6.25. The molecule has 26 heavy (non-hydrogen) atoms. The van der Waals surface area contributed by atoms with E-state index in [1.165, 1.54) is 12.1 Å². The molecule has 1 aromatic rings. The Balaban J connectivity index is 1.90. The molecule has 3 rings (SSSR count). The molecule has 144 valence electrons. The summed E-state index contributed by atoms with van der Waals surface area (Å²) in [6.07, 6.45) is 4.11. The lowest BCUT2D eigenvalue weighted by molar-refractivity contribution is -0.142. The van der Waals surface area contributed by atoms with Gasteiger partial charge in [-0.1, -0.05) is 12.1 Å². The third-order valence-corrected chi connectivity index (χ3v) is 7.79. The molecule has 0 saturated carbocycles. The molecule has 2 heterocycles. The zero-order chi connectivity index (χ0) is 18.7. The van der Waals surface area contributed by atoms with Crippen LogP contribution in [0.25, 0.3) is 0 Å². The standard InChI is InChI=1S/C19H27FNO4P/c1-3-24-26(23,25-4-2)18-13-12-16-6-5-7-17(21(16)19(18)22)14-8-10-15(20)11-9-14/h8-11,16-18H,3-7,12-13H2,1-2H3/t16-,17+,18?/m1/s1. The molecule has 0 aliphatic carbocycles. The maximum atomic E-state index is 13.3. The third-order valence-electron chi connectivity index (χ3n) is 5.31. The Morgan fingerprint density at radius 2 is 1.73 bits per heavy atom. The van der Waals surface area contributed by atoms with Crippen LogP contribution in [0.1, 0.15) is 57.6 Å². The molecule has 2 aliphatic heterocycles. The number of amides is 1. The molecule has 7 heteroatoms. The zero-order valence-electron chi connectivity index (χ0n) is 15.4. The molecule has 3 atom stereocenters. The van der Waals surface area contributed by atoms with Crippen molar-refractivity contribution in [3.05, 3.63) is 35.6 Å². The van der Waals surface area contributed by atoms with E-state index in [0.717, 1.165) is 31.2 Å². The van der Waals surface area contributed by atoms with E-state index in [0.29, 0.717) is 6.42 Å². The molecule has 2 saturated heterocycles. The summed E-state index contributed by atoms with van der Waals surface area (Å²) < 4.78 is 37.4. The van der Waals surface area contributed by atoms with Gasteiger partial charge in [-0.25, -0.2) is 4.39 Å². The number of nitrogens with zero attached hydrogens (tertiary/aromatic N) is 1. The van der Waals surface area contributed by atoms with Crippen molar-refractivity contribution in [2.24, 2.45) is 0 Å². The molecule has 2 fully saturated rings. The second-order valence-electron chi connectivity index (χ2n) is 6.87. The van der Waals surface area contributed by atoms with Crippen molar-refractivity contribution in [1.29, 1.82) is 0 Å². The van der Waals surface area contributed by atoms with Crippen LogP contribution < -0.4 is 0 Å². The first-order valence-electron chi connectivity index (χ1n) is 9.46. The van der Waals surface area contributed by atoms with E-state index < -0.39 is 13.3 Å². The van der Waals surface area contributed by atoms with Crippen molar-refractivity contribution >= 4 is 13.5 Å². The number of carbonyl (C=O) groups excluding carboxylic acids is 1. The van der Waals surface area contributed by atoms with E-state index in [2.05, 4.69) is 0 Å². The molecular formula is C19H27FNO4P. The highest BCUT2D eigenvalue weighted by Crippen LogP contribution is 2.57. The number of hydrogen-bond donors (Lipinski definition) is 0. The summed E-state index contributed by atoms with van der Waals surface area (Å²) >= 11 is 0. The van der Waals surface area contributed by atoms with Crippen LogP contribution in [-0.4, -0.2) is 35.7 Å². The van der Waals surface area contributed by atoms with Crippen molar-refractivity contribution in [1.82, 2.24) is 4.90 Å². The van der Waals surface area contributed by atoms with Crippen LogP contribution in [0.4, 0.5) is 4.39 Å². The van der Waals surface area contributed by atoms with Gasteiger partial charge in [0.05, 0.1) is 19.3 Å². The molecule has 0 radical (unpaired) electrons. The minimum absolute atomic E-state index is 0.110. The molecular weight excluding hydrogens is 356 g/mol. The van der Waals surface area contributed by atoms with E-state index in [1.807, 2.05) is 4.90 Å². The number of carbonyl (C=O) groups is 1. The maximum Gasteiger partial charge on any atom is 0.343 e. The van der Waals surface area contributed by atoms with E-state index >= 15 is 0 Å². The first kappa shape index (κ1) is 19.5. The summed E-state index contributed by atoms with van der Waals surface area (Å²) in [5.41, 5.74) is 0.174. The van der Waals surface area contributed by atoms with Crippen molar-refractivity contribution in [2.75, 3.05) is 13.2 Å². The van der Waals surface area contributed by atoms with Gasteiger partial charge in [0.1, 0.15) is 11.5 Å². The summed E-state index contributed by atoms with van der Waals surface area (Å²) in [5, 5.41) is 0. The van der Waals surface area contributed by atoms with Gasteiger partial charge in [-0.15, -0.1) is 0 Å². The van der Waals surface area contributed by atoms with Crippen LogP contribution in [0.2, 0.25) is 0 Å². The van der Waals surface area contributed by atoms with Gasteiger partial charge in [-0.3, -0.25) is 9.36 Å². The fraction of sp³-hybridized carbons (Fsp3) is 0.632. The van der Waals surface area contributed by atoms with Gasteiger partial charge >= 0.3 is 7.60 Å². The van der Waals surface area contributed by atoms with Crippen LogP contribution in [0.3, 0.4) is 0 Å². The van der Waals surface area contributed by atoms with Crippen LogP contribution in [0.5, 0.6) is 0 Å². The van der Waals surface area contributed by atoms with E-state index in [1.54, 1.807) is 26.0 Å². The monoisotopic (exact) mass is 383 g/mol. The van der Waals surface area contributed by atoms with Crippen LogP contribution in [0, 0.1) is 5.82 Å². The van der Waals surface area contributed by atoms with Crippen LogP contribution >= 0.6 is 7.60 Å². The van der Waals surface area contributed by atoms with Crippen molar-refractivity contribution in [3.63, 3.8) is 0 Å². The molecule has 5 nitrogen and oxygen atoms in total. The van der Waals surface area contributed by atoms with Crippen LogP contribution in [0.15, 0.2) is 24.3 Å². The van der Waals surface area contributed by atoms with Gasteiger partial charge in [-0.05, 0) is 63.6 Å². The number of rotatable bonds is 6. The molecule has 2 aliphatic rings. The van der Waals surface area contributed by atoms with Crippen molar-refractivity contribution in [3.8, 4) is 0 Å². The minimum atomic E-state index is -3.49. The lowest BCUT2D eigenvalue weighted by Crippen LogP contribution is -2.53. The number of piperidine rings is 2. The molecule has 0 aromatic heterocycles. The van der Waals surface area contributed by atoms with E-state index in [4.69, 9.17) is 9.05 Å². The highest BCUT2D eigenvalue weighted by atomic mass is 31.2. The van der Waals surface area contributed by atoms with Crippen LogP contribution in [-0.2, 0) is 18.4 Å². The number of fused-ring (bicyclic) bond motifs is 1. The Morgan fingerprint density at radius 1 is 1.08 bits per heavy atom. The molecule has 1 amide bonds. The number of benzene rings is 1. The molecule has 0 bridgehead atoms. The van der Waals surface area contributed by atoms with E-state index in [-0.39, 0.29) is 37.0 Å². The number of halogens is 1. The first-order valence-corrected chi connectivity index (χ1v) is 11.1. The average molecular weight is 383 g/mol. The summed E-state index contributed by atoms with van der Waals surface area (Å²) in [6, 6.07) is 6.36. The van der Waals surface area contributed by atoms with Gasteiger partial charge in [0.15, 0.2) is 0 Å². The van der Waals surface area contributed by atoms with Gasteiger partial charge in [0.25, 0.3) is 0 Å². The van der Waals surface area contributed by atoms with Crippen molar-refractivity contribution < 1.29 is 22.8 Å². The molecule has 1 unspecified atom stereocenters. The topological polar surface area (TPSA) is 55.8 Å². The Kier molecular flexibility index (Phi) is 6.16. The summed E-state index contributed by atoms with van der Waals surface area (Å²) in [7, 11) is -3.49. The second kappa shape index (κ2) is 8.20. The smallest absolute Gasteiger partial charge is 0.332 e. The highest BCUT2D eigenvalue weighted by molar-refractivity contribution is 7.55. The van der Waals surface area contributed by atoms with Crippen molar-refractivity contribution in [2.45, 2.75) is 63.7 Å². The normalized spacial score (nSPS) is 26.7. The predicted molar refractivity (Wildman–Crippen MR) is 97.5 cm³/mol. The van der Waals surface area contributed by atoms with Gasteiger partial charge in [-0.2, -0.15) is 0 Å². The zero-order valence-corrected chi connectivity index (χ0v) is 16.3. The quantitative estimate of drug-likeness (QED) is 0.670. The summed E-state index contributed by atoms with van der Waals surface area (Å²) in [5.74, 6) is -0.443. The SMILES string of the molecule is CCOP(=O)(OCC)C1CC[C@H]2CCC[C@@H](c3ccc(F)cc3)N2C1=O.